The van der Waals surface area contributed by atoms with E-state index >= 15 is 0 Å². The number of hydrogen-bond acceptors (Lipinski definition) is 3. The minimum atomic E-state index is -0.283. The van der Waals surface area contributed by atoms with Crippen LogP contribution >= 0.6 is 0 Å². The number of fused-ring (bicyclic) bond motifs is 1. The van der Waals surface area contributed by atoms with E-state index in [9.17, 15) is 14.4 Å². The second-order valence-corrected chi connectivity index (χ2v) is 4.48. The second-order valence-electron chi connectivity index (χ2n) is 4.48. The number of carbonyl (C=O) groups excluding carboxylic acids is 3. The monoisotopic (exact) mass is 271 g/mol. The first-order chi connectivity index (χ1) is 9.65. The first-order valence-corrected chi connectivity index (χ1v) is 6.30. The van der Waals surface area contributed by atoms with Crippen molar-refractivity contribution in [3.8, 4) is 0 Å². The number of Topliss-reactive ketones (excluding diaryl/α,β-unsaturated/α-hetero) is 1. The zero-order valence-corrected chi connectivity index (χ0v) is 10.8. The van der Waals surface area contributed by atoms with Gasteiger partial charge >= 0.3 is 6.21 Å². The average molecular weight is 271 g/mol. The largest absolute Gasteiger partial charge is 0.361 e. The van der Waals surface area contributed by atoms with Crippen LogP contribution in [0.1, 0.15) is 40.0 Å². The third-order valence-electron chi connectivity index (χ3n) is 3.13. The molecule has 1 aliphatic rings. The van der Waals surface area contributed by atoms with Gasteiger partial charge in [-0.25, -0.2) is 0 Å². The Bertz CT molecular complexity index is 583. The van der Waals surface area contributed by atoms with Crippen LogP contribution in [0, 0.1) is 0 Å². The Morgan fingerprint density at radius 2 is 1.75 bits per heavy atom. The third kappa shape index (κ3) is 2.70. The van der Waals surface area contributed by atoms with E-state index in [0.717, 1.165) is 6.21 Å². The molecule has 0 N–H and O–H groups in total. The fourth-order valence-electron chi connectivity index (χ4n) is 2.14. The topological polar surface area (TPSA) is 90.8 Å². The van der Waals surface area contributed by atoms with Gasteiger partial charge < -0.3 is 5.53 Å². The van der Waals surface area contributed by atoms with Gasteiger partial charge in [0.2, 0.25) is 5.78 Å². The van der Waals surface area contributed by atoms with E-state index in [4.69, 9.17) is 5.53 Å². The van der Waals surface area contributed by atoms with Crippen molar-refractivity contribution >= 4 is 23.8 Å². The summed E-state index contributed by atoms with van der Waals surface area (Å²) in [5.41, 5.74) is 9.05. The Morgan fingerprint density at radius 1 is 1.15 bits per heavy atom. The predicted octanol–water partition coefficient (Wildman–Crippen LogP) is 1.32. The van der Waals surface area contributed by atoms with Crippen LogP contribution in [0.2, 0.25) is 0 Å². The Labute approximate surface area is 115 Å². The molecule has 0 aromatic heterocycles. The fourth-order valence-corrected chi connectivity index (χ4v) is 2.14. The van der Waals surface area contributed by atoms with Crippen molar-refractivity contribution in [3.05, 3.63) is 40.9 Å². The molecule has 6 nitrogen and oxygen atoms in total. The Morgan fingerprint density at radius 3 is 2.30 bits per heavy atom. The number of ketones is 1. The quantitative estimate of drug-likeness (QED) is 0.257. The molecule has 102 valence electrons. The molecule has 1 heterocycles. The zero-order valence-electron chi connectivity index (χ0n) is 10.8. The lowest BCUT2D eigenvalue weighted by molar-refractivity contribution is -0.116. The lowest BCUT2D eigenvalue weighted by Gasteiger charge is -2.12. The van der Waals surface area contributed by atoms with Gasteiger partial charge in [-0.2, -0.15) is 4.79 Å². The van der Waals surface area contributed by atoms with Crippen LogP contribution in [0.4, 0.5) is 0 Å². The molecule has 20 heavy (non-hydrogen) atoms. The van der Waals surface area contributed by atoms with E-state index in [1.54, 1.807) is 24.3 Å². The van der Waals surface area contributed by atoms with Crippen molar-refractivity contribution < 1.29 is 19.2 Å². The summed E-state index contributed by atoms with van der Waals surface area (Å²) in [6.45, 7) is 0.288. The summed E-state index contributed by atoms with van der Waals surface area (Å²) in [5.74, 6) is -0.849. The first kappa shape index (κ1) is 13.8. The highest BCUT2D eigenvalue weighted by Gasteiger charge is 2.34. The van der Waals surface area contributed by atoms with Gasteiger partial charge in [0.25, 0.3) is 11.8 Å². The molecule has 1 aromatic carbocycles. The molecular formula is C14H13N3O3. The SMILES string of the molecule is [N-]=[N+]=CC(=O)CCCCN1C(=O)c2ccccc2C1=O. The van der Waals surface area contributed by atoms with Crippen LogP contribution in [-0.2, 0) is 4.79 Å². The van der Waals surface area contributed by atoms with Crippen molar-refractivity contribution in [1.82, 2.24) is 4.90 Å². The number of rotatable bonds is 6. The molecule has 0 saturated carbocycles. The van der Waals surface area contributed by atoms with Gasteiger partial charge in [0.1, 0.15) is 0 Å². The number of unbranched alkanes of at least 4 members (excludes halogenated alkanes) is 1. The molecule has 6 heteroatoms. The highest BCUT2D eigenvalue weighted by atomic mass is 16.2. The summed E-state index contributed by atoms with van der Waals surface area (Å²) in [7, 11) is 0. The number of imide groups is 1. The zero-order chi connectivity index (χ0) is 14.5. The van der Waals surface area contributed by atoms with E-state index in [-0.39, 0.29) is 30.6 Å². The second kappa shape index (κ2) is 6.04. The number of amides is 2. The summed E-state index contributed by atoms with van der Waals surface area (Å²) in [6, 6.07) is 6.72. The van der Waals surface area contributed by atoms with Gasteiger partial charge in [0, 0.05) is 13.0 Å². The molecule has 1 aliphatic heterocycles. The van der Waals surface area contributed by atoms with Gasteiger partial charge in [-0.05, 0) is 25.0 Å². The van der Waals surface area contributed by atoms with Crippen LogP contribution in [0.5, 0.6) is 0 Å². The molecule has 1 aromatic rings. The van der Waals surface area contributed by atoms with Crippen molar-refractivity contribution in [2.45, 2.75) is 19.3 Å². The third-order valence-corrected chi connectivity index (χ3v) is 3.13. The van der Waals surface area contributed by atoms with Crippen LogP contribution < -0.4 is 0 Å². The van der Waals surface area contributed by atoms with E-state index in [1.165, 1.54) is 4.90 Å². The Kier molecular flexibility index (Phi) is 4.17. The van der Waals surface area contributed by atoms with Gasteiger partial charge in [0.15, 0.2) is 0 Å². The minimum Gasteiger partial charge on any atom is -0.361 e. The van der Waals surface area contributed by atoms with Crippen LogP contribution in [0.3, 0.4) is 0 Å². The molecule has 0 aliphatic carbocycles. The van der Waals surface area contributed by atoms with Crippen LogP contribution in [0.15, 0.2) is 24.3 Å². The molecule has 0 bridgehead atoms. The number of nitrogens with zero attached hydrogens (tertiary/aromatic N) is 3. The summed E-state index contributed by atoms with van der Waals surface area (Å²) < 4.78 is 0. The highest BCUT2D eigenvalue weighted by Crippen LogP contribution is 2.22. The minimum absolute atomic E-state index is 0.229. The normalized spacial score (nSPS) is 13.1. The van der Waals surface area contributed by atoms with E-state index < -0.39 is 0 Å². The molecule has 0 spiro atoms. The Hall–Kier alpha value is -2.59. The van der Waals surface area contributed by atoms with Crippen molar-refractivity contribution in [2.75, 3.05) is 6.54 Å². The van der Waals surface area contributed by atoms with E-state index in [0.29, 0.717) is 24.0 Å². The summed E-state index contributed by atoms with van der Waals surface area (Å²) >= 11 is 0. The summed E-state index contributed by atoms with van der Waals surface area (Å²) in [6.07, 6.45) is 2.14. The maximum absolute atomic E-state index is 12.0. The number of carbonyl (C=O) groups is 3. The molecule has 0 fully saturated rings. The van der Waals surface area contributed by atoms with Crippen LogP contribution in [-0.4, -0.2) is 40.0 Å². The maximum atomic E-state index is 12.0. The van der Waals surface area contributed by atoms with Crippen LogP contribution in [0.25, 0.3) is 5.53 Å². The van der Waals surface area contributed by atoms with E-state index in [2.05, 4.69) is 4.79 Å². The molecule has 0 unspecified atom stereocenters. The average Bonchev–Trinajstić information content (AvgIpc) is 2.69. The standard InChI is InChI=1S/C14H13N3O3/c15-16-9-10(18)5-3-4-8-17-13(19)11-6-1-2-7-12(11)14(17)20/h1-2,6-7,9H,3-5,8H2. The molecule has 0 saturated heterocycles. The van der Waals surface area contributed by atoms with E-state index in [1.807, 2.05) is 0 Å². The predicted molar refractivity (Wildman–Crippen MR) is 70.4 cm³/mol. The van der Waals surface area contributed by atoms with Crippen molar-refractivity contribution in [1.29, 1.82) is 0 Å². The molecule has 2 amide bonds. The van der Waals surface area contributed by atoms with Crippen molar-refractivity contribution in [3.63, 3.8) is 0 Å². The van der Waals surface area contributed by atoms with Gasteiger partial charge in [0.05, 0.1) is 11.1 Å². The lowest BCUT2D eigenvalue weighted by atomic mass is 10.1. The smallest absolute Gasteiger partial charge is 0.323 e. The molecular weight excluding hydrogens is 258 g/mol. The maximum Gasteiger partial charge on any atom is 0.323 e. The summed E-state index contributed by atoms with van der Waals surface area (Å²) in [5, 5.41) is 0. The van der Waals surface area contributed by atoms with Crippen molar-refractivity contribution in [2.24, 2.45) is 0 Å². The molecule has 0 atom stereocenters. The fraction of sp³-hybridized carbons (Fsp3) is 0.286. The highest BCUT2D eigenvalue weighted by molar-refractivity contribution is 6.25. The number of benzene rings is 1. The van der Waals surface area contributed by atoms with Gasteiger partial charge in [-0.3, -0.25) is 19.3 Å². The van der Waals surface area contributed by atoms with Gasteiger partial charge in [-0.1, -0.05) is 12.1 Å². The summed E-state index contributed by atoms with van der Waals surface area (Å²) in [4.78, 5) is 39.0. The first-order valence-electron chi connectivity index (χ1n) is 6.30. The Balaban J connectivity index is 1.90. The van der Waals surface area contributed by atoms with Gasteiger partial charge in [-0.15, -0.1) is 0 Å². The molecule has 2 rings (SSSR count). The molecule has 0 radical (unpaired) electrons. The number of hydrogen-bond donors (Lipinski definition) is 0. The lowest BCUT2D eigenvalue weighted by Crippen LogP contribution is -2.30.